The Bertz CT molecular complexity index is 1150. The SMILES string of the molecule is COCc1cc(C(F)(C(F)(F)F)C(F)(F)F)cc(C)c1NC(=O)c1cc(F)c(C#N)c(N)c1F. The summed E-state index contributed by atoms with van der Waals surface area (Å²) < 4.78 is 126. The molecule has 184 valence electrons. The summed E-state index contributed by atoms with van der Waals surface area (Å²) in [4.78, 5) is 12.5. The highest BCUT2D eigenvalue weighted by molar-refractivity contribution is 6.06. The molecule has 0 saturated carbocycles. The quantitative estimate of drug-likeness (QED) is 0.425. The number of nitrogen functional groups attached to an aromatic ring is 1. The van der Waals surface area contributed by atoms with Crippen LogP contribution in [0.5, 0.6) is 0 Å². The van der Waals surface area contributed by atoms with Crippen LogP contribution in [0.2, 0.25) is 0 Å². The summed E-state index contributed by atoms with van der Waals surface area (Å²) in [6.07, 6.45) is -12.8. The van der Waals surface area contributed by atoms with E-state index in [0.717, 1.165) is 14.0 Å². The van der Waals surface area contributed by atoms with Crippen LogP contribution < -0.4 is 11.1 Å². The average molecular weight is 499 g/mol. The number of hydrogen-bond acceptors (Lipinski definition) is 4. The van der Waals surface area contributed by atoms with Crippen LogP contribution in [0.4, 0.5) is 50.9 Å². The number of carbonyl (C=O) groups is 1. The number of hydrogen-bond donors (Lipinski definition) is 2. The second-order valence-corrected chi connectivity index (χ2v) is 6.99. The summed E-state index contributed by atoms with van der Waals surface area (Å²) in [5.74, 6) is -4.25. The van der Waals surface area contributed by atoms with Crippen molar-refractivity contribution in [3.8, 4) is 6.07 Å². The molecule has 0 aromatic heterocycles. The highest BCUT2D eigenvalue weighted by Crippen LogP contribution is 2.54. The number of aryl methyl sites for hydroxylation is 1. The number of ether oxygens (including phenoxy) is 1. The topological polar surface area (TPSA) is 88.1 Å². The number of amides is 1. The van der Waals surface area contributed by atoms with Gasteiger partial charge in [0.2, 0.25) is 0 Å². The van der Waals surface area contributed by atoms with Crippen LogP contribution in [0.25, 0.3) is 0 Å². The fourth-order valence-electron chi connectivity index (χ4n) is 3.10. The van der Waals surface area contributed by atoms with Gasteiger partial charge in [-0.05, 0) is 24.6 Å². The second kappa shape index (κ2) is 9.05. The molecule has 0 aliphatic rings. The Hall–Kier alpha value is -3.47. The van der Waals surface area contributed by atoms with Crippen molar-refractivity contribution in [1.29, 1.82) is 5.26 Å². The van der Waals surface area contributed by atoms with Gasteiger partial charge < -0.3 is 15.8 Å². The number of nitrogens with two attached hydrogens (primary N) is 1. The number of nitrogens with zero attached hydrogens (tertiary/aromatic N) is 1. The molecule has 0 atom stereocenters. The zero-order valence-electron chi connectivity index (χ0n) is 17.2. The van der Waals surface area contributed by atoms with E-state index in [4.69, 9.17) is 15.7 Å². The summed E-state index contributed by atoms with van der Waals surface area (Å²) in [6.45, 7) is 0.262. The Labute approximate surface area is 185 Å². The van der Waals surface area contributed by atoms with Crippen LogP contribution in [0.3, 0.4) is 0 Å². The largest absolute Gasteiger partial charge is 0.435 e. The van der Waals surface area contributed by atoms with Gasteiger partial charge >= 0.3 is 18.0 Å². The molecule has 14 heteroatoms. The first-order valence-electron chi connectivity index (χ1n) is 8.95. The lowest BCUT2D eigenvalue weighted by Gasteiger charge is -2.31. The van der Waals surface area contributed by atoms with Crippen molar-refractivity contribution in [2.75, 3.05) is 18.2 Å². The van der Waals surface area contributed by atoms with Gasteiger partial charge in [-0.2, -0.15) is 31.6 Å². The number of methoxy groups -OCH3 is 1. The van der Waals surface area contributed by atoms with E-state index in [9.17, 15) is 44.3 Å². The molecule has 0 heterocycles. The lowest BCUT2D eigenvalue weighted by Crippen LogP contribution is -2.50. The fourth-order valence-corrected chi connectivity index (χ4v) is 3.10. The normalized spacial score (nSPS) is 12.4. The molecule has 0 aliphatic carbocycles. The third-order valence-corrected chi connectivity index (χ3v) is 4.74. The summed E-state index contributed by atoms with van der Waals surface area (Å²) in [6, 6.07) is 2.02. The number of benzene rings is 2. The number of alkyl halides is 7. The van der Waals surface area contributed by atoms with E-state index >= 15 is 0 Å². The molecule has 0 spiro atoms. The standard InChI is InChI=1S/C20H14F9N3O2/c1-8-3-10(18(23,19(24,25)26)20(27,28)29)4-9(7-34-2)16(8)32-17(33)11-5-13(21)12(6-30)15(31)14(11)22/h3-5H,7,31H2,1-2H3,(H,32,33). The number of halogens is 9. The molecule has 0 aliphatic heterocycles. The molecular formula is C20H14F9N3O2. The van der Waals surface area contributed by atoms with E-state index < -0.39 is 81.4 Å². The predicted molar refractivity (Wildman–Crippen MR) is 100 cm³/mol. The molecule has 5 nitrogen and oxygen atoms in total. The molecule has 2 aromatic rings. The van der Waals surface area contributed by atoms with Crippen LogP contribution in [0.1, 0.15) is 32.6 Å². The Morgan fingerprint density at radius 3 is 2.12 bits per heavy atom. The van der Waals surface area contributed by atoms with E-state index in [-0.39, 0.29) is 12.1 Å². The Balaban J connectivity index is 2.65. The van der Waals surface area contributed by atoms with Crippen molar-refractivity contribution < 1.29 is 49.0 Å². The maximum absolute atomic E-state index is 14.5. The van der Waals surface area contributed by atoms with Crippen LogP contribution in [0, 0.1) is 29.9 Å². The number of nitriles is 1. The smallest absolute Gasteiger partial charge is 0.395 e. The van der Waals surface area contributed by atoms with E-state index in [0.29, 0.717) is 6.07 Å². The van der Waals surface area contributed by atoms with Gasteiger partial charge in [0, 0.05) is 23.9 Å². The van der Waals surface area contributed by atoms with Gasteiger partial charge in [0.1, 0.15) is 17.4 Å². The van der Waals surface area contributed by atoms with Crippen LogP contribution in [-0.2, 0) is 17.0 Å². The number of carbonyl (C=O) groups excluding carboxylic acids is 1. The number of anilines is 2. The molecule has 34 heavy (non-hydrogen) atoms. The Morgan fingerprint density at radius 1 is 1.09 bits per heavy atom. The maximum Gasteiger partial charge on any atom is 0.435 e. The van der Waals surface area contributed by atoms with Crippen LogP contribution in [-0.4, -0.2) is 25.4 Å². The minimum Gasteiger partial charge on any atom is -0.395 e. The van der Waals surface area contributed by atoms with Crippen LogP contribution in [0.15, 0.2) is 18.2 Å². The zero-order valence-corrected chi connectivity index (χ0v) is 17.2. The molecule has 2 aromatic carbocycles. The molecule has 2 rings (SSSR count). The monoisotopic (exact) mass is 499 g/mol. The van der Waals surface area contributed by atoms with Gasteiger partial charge in [0.25, 0.3) is 5.91 Å². The van der Waals surface area contributed by atoms with Gasteiger partial charge in [-0.1, -0.05) is 6.07 Å². The second-order valence-electron chi connectivity index (χ2n) is 6.99. The van der Waals surface area contributed by atoms with Crippen molar-refractivity contribution in [2.24, 2.45) is 0 Å². The summed E-state index contributed by atoms with van der Waals surface area (Å²) in [7, 11) is 1.01. The molecule has 0 radical (unpaired) electrons. The number of nitrogens with one attached hydrogen (secondary N) is 1. The lowest BCUT2D eigenvalue weighted by atomic mass is 9.90. The molecule has 0 unspecified atom stereocenters. The fraction of sp³-hybridized carbons (Fsp3) is 0.300. The van der Waals surface area contributed by atoms with Gasteiger partial charge in [0.15, 0.2) is 5.82 Å². The van der Waals surface area contributed by atoms with Gasteiger partial charge in [0.05, 0.1) is 17.9 Å². The number of rotatable bonds is 5. The van der Waals surface area contributed by atoms with Crippen molar-refractivity contribution >= 4 is 17.3 Å². The molecule has 0 fully saturated rings. The maximum atomic E-state index is 14.5. The van der Waals surface area contributed by atoms with E-state index in [2.05, 4.69) is 0 Å². The summed E-state index contributed by atoms with van der Waals surface area (Å²) in [5, 5.41) is 10.8. The zero-order chi connectivity index (χ0) is 26.2. The predicted octanol–water partition coefficient (Wildman–Crippen LogP) is 5.42. The first kappa shape index (κ1) is 26.8. The van der Waals surface area contributed by atoms with Crippen molar-refractivity contribution in [2.45, 2.75) is 31.6 Å². The molecule has 3 N–H and O–H groups in total. The molecule has 1 amide bonds. The van der Waals surface area contributed by atoms with Gasteiger partial charge in [-0.25, -0.2) is 13.2 Å². The van der Waals surface area contributed by atoms with Gasteiger partial charge in [-0.15, -0.1) is 0 Å². The van der Waals surface area contributed by atoms with Crippen molar-refractivity contribution in [3.63, 3.8) is 0 Å². The van der Waals surface area contributed by atoms with Crippen molar-refractivity contribution in [3.05, 3.63) is 57.7 Å². The Kier molecular flexibility index (Phi) is 7.13. The van der Waals surface area contributed by atoms with Crippen molar-refractivity contribution in [1.82, 2.24) is 0 Å². The first-order valence-corrected chi connectivity index (χ1v) is 8.95. The molecule has 0 bridgehead atoms. The minimum absolute atomic E-state index is 0.192. The minimum atomic E-state index is -6.38. The average Bonchev–Trinajstić information content (AvgIpc) is 2.71. The van der Waals surface area contributed by atoms with Gasteiger partial charge in [-0.3, -0.25) is 4.79 Å². The van der Waals surface area contributed by atoms with E-state index in [1.54, 1.807) is 0 Å². The lowest BCUT2D eigenvalue weighted by molar-refractivity contribution is -0.348. The molecular weight excluding hydrogens is 485 g/mol. The van der Waals surface area contributed by atoms with Crippen LogP contribution >= 0.6 is 0 Å². The highest BCUT2D eigenvalue weighted by atomic mass is 19.4. The first-order chi connectivity index (χ1) is 15.5. The van der Waals surface area contributed by atoms with E-state index in [1.165, 1.54) is 6.07 Å². The highest BCUT2D eigenvalue weighted by Gasteiger charge is 2.73. The van der Waals surface area contributed by atoms with E-state index in [1.807, 2.05) is 5.32 Å². The molecule has 0 saturated heterocycles. The Morgan fingerprint density at radius 2 is 1.65 bits per heavy atom. The third-order valence-electron chi connectivity index (χ3n) is 4.74. The third kappa shape index (κ3) is 4.47. The summed E-state index contributed by atoms with van der Waals surface area (Å²) in [5.41, 5.74) is -6.60. The summed E-state index contributed by atoms with van der Waals surface area (Å²) >= 11 is 0.